The van der Waals surface area contributed by atoms with Crippen LogP contribution in [0, 0.1) is 6.92 Å². The zero-order chi connectivity index (χ0) is 19.3. The molecule has 0 heterocycles. The van der Waals surface area contributed by atoms with Crippen molar-refractivity contribution in [2.45, 2.75) is 56.5 Å². The van der Waals surface area contributed by atoms with Crippen LogP contribution in [0.4, 0.5) is 0 Å². The highest BCUT2D eigenvalue weighted by Crippen LogP contribution is 2.33. The zero-order valence-corrected chi connectivity index (χ0v) is 17.2. The highest BCUT2D eigenvalue weighted by atomic mass is 32.2. The second-order valence-corrected chi connectivity index (χ2v) is 8.57. The van der Waals surface area contributed by atoms with Crippen LogP contribution in [0.5, 0.6) is 0 Å². The highest BCUT2D eigenvalue weighted by Gasteiger charge is 2.24. The lowest BCUT2D eigenvalue weighted by molar-refractivity contribution is 0.00243. The van der Waals surface area contributed by atoms with Crippen LogP contribution in [-0.4, -0.2) is 24.6 Å². The van der Waals surface area contributed by atoms with E-state index in [2.05, 4.69) is 45.9 Å². The molecule has 0 bridgehead atoms. The number of carbonyl (C=O) groups is 1. The second kappa shape index (κ2) is 8.74. The topological polar surface area (TPSA) is 35.5 Å². The van der Waals surface area contributed by atoms with Crippen LogP contribution in [0.15, 0.2) is 53.4 Å². The van der Waals surface area contributed by atoms with Crippen molar-refractivity contribution >= 4 is 17.7 Å². The highest BCUT2D eigenvalue weighted by molar-refractivity contribution is 7.99. The summed E-state index contributed by atoms with van der Waals surface area (Å²) in [6, 6.07) is 15.5. The van der Waals surface area contributed by atoms with Crippen molar-refractivity contribution in [2.75, 3.05) is 7.11 Å². The molecule has 2 unspecified atom stereocenters. The van der Waals surface area contributed by atoms with Crippen LogP contribution in [0.1, 0.15) is 49.2 Å². The minimum absolute atomic E-state index is 0.0803. The third-order valence-corrected chi connectivity index (χ3v) is 5.72. The number of methoxy groups -OCH3 is 1. The molecule has 4 heteroatoms. The van der Waals surface area contributed by atoms with E-state index in [9.17, 15) is 4.79 Å². The molecule has 0 aliphatic carbocycles. The van der Waals surface area contributed by atoms with Crippen LogP contribution in [-0.2, 0) is 14.9 Å². The average molecular weight is 373 g/mol. The van der Waals surface area contributed by atoms with Gasteiger partial charge in [-0.25, -0.2) is 4.79 Å². The largest absolute Gasteiger partial charge is 0.455 e. The summed E-state index contributed by atoms with van der Waals surface area (Å²) in [6.07, 6.45) is -0.379. The van der Waals surface area contributed by atoms with E-state index < -0.39 is 0 Å². The van der Waals surface area contributed by atoms with Gasteiger partial charge in [-0.2, -0.15) is 0 Å². The van der Waals surface area contributed by atoms with Gasteiger partial charge in [0.1, 0.15) is 11.5 Å². The molecule has 3 nitrogen and oxygen atoms in total. The fourth-order valence-electron chi connectivity index (χ4n) is 2.52. The van der Waals surface area contributed by atoms with Gasteiger partial charge in [0.15, 0.2) is 0 Å². The number of thioether (sulfide) groups is 1. The number of hydrogen-bond acceptors (Lipinski definition) is 4. The number of rotatable bonds is 6. The Morgan fingerprint density at radius 1 is 1.08 bits per heavy atom. The monoisotopic (exact) mass is 372 g/mol. The molecular formula is C22H28O3S. The van der Waals surface area contributed by atoms with Crippen LogP contribution in [0.2, 0.25) is 0 Å². The van der Waals surface area contributed by atoms with Gasteiger partial charge in [0.05, 0.1) is 5.56 Å². The van der Waals surface area contributed by atoms with E-state index in [1.165, 1.54) is 11.1 Å². The number of carbonyl (C=O) groups excluding carboxylic acids is 1. The van der Waals surface area contributed by atoms with Gasteiger partial charge < -0.3 is 9.47 Å². The van der Waals surface area contributed by atoms with Crippen molar-refractivity contribution in [1.29, 1.82) is 0 Å². The minimum atomic E-state index is -0.379. The van der Waals surface area contributed by atoms with Crippen molar-refractivity contribution < 1.29 is 14.3 Å². The van der Waals surface area contributed by atoms with Crippen LogP contribution in [0.3, 0.4) is 0 Å². The smallest absolute Gasteiger partial charge is 0.338 e. The van der Waals surface area contributed by atoms with Gasteiger partial charge in [-0.3, -0.25) is 0 Å². The van der Waals surface area contributed by atoms with Crippen molar-refractivity contribution in [3.8, 4) is 0 Å². The summed E-state index contributed by atoms with van der Waals surface area (Å²) in [5.41, 5.74) is 2.81. The fraction of sp³-hybridized carbons (Fsp3) is 0.409. The normalized spacial score (nSPS) is 13.9. The van der Waals surface area contributed by atoms with E-state index in [0.29, 0.717) is 5.56 Å². The number of benzene rings is 2. The second-order valence-electron chi connectivity index (χ2n) is 7.43. The van der Waals surface area contributed by atoms with Gasteiger partial charge in [-0.1, -0.05) is 62.9 Å². The van der Waals surface area contributed by atoms with E-state index in [0.717, 1.165) is 4.90 Å². The lowest BCUT2D eigenvalue weighted by Gasteiger charge is -2.25. The van der Waals surface area contributed by atoms with Gasteiger partial charge in [0.25, 0.3) is 0 Å². The van der Waals surface area contributed by atoms with Crippen molar-refractivity contribution in [3.63, 3.8) is 0 Å². The predicted molar refractivity (Wildman–Crippen MR) is 108 cm³/mol. The average Bonchev–Trinajstić information content (AvgIpc) is 2.60. The maximum atomic E-state index is 12.3. The summed E-state index contributed by atoms with van der Waals surface area (Å²) in [6.45, 7) is 10.5. The molecule has 2 aromatic rings. The van der Waals surface area contributed by atoms with Crippen LogP contribution >= 0.6 is 11.8 Å². The first-order valence-electron chi connectivity index (χ1n) is 8.79. The zero-order valence-electron chi connectivity index (χ0n) is 16.4. The summed E-state index contributed by atoms with van der Waals surface area (Å²) >= 11 is 1.59. The van der Waals surface area contributed by atoms with Crippen molar-refractivity contribution in [2.24, 2.45) is 0 Å². The van der Waals surface area contributed by atoms with E-state index in [1.807, 2.05) is 25.1 Å². The van der Waals surface area contributed by atoms with Crippen molar-refractivity contribution in [3.05, 3.63) is 65.2 Å². The molecule has 2 atom stereocenters. The Hall–Kier alpha value is -1.78. The molecule has 0 aliphatic heterocycles. The summed E-state index contributed by atoms with van der Waals surface area (Å²) < 4.78 is 11.2. The maximum Gasteiger partial charge on any atom is 0.338 e. The first-order valence-corrected chi connectivity index (χ1v) is 9.67. The number of hydrogen-bond donors (Lipinski definition) is 0. The molecule has 2 rings (SSSR count). The summed E-state index contributed by atoms with van der Waals surface area (Å²) in [5.74, 6) is -0.332. The van der Waals surface area contributed by atoms with E-state index in [1.54, 1.807) is 31.0 Å². The first-order chi connectivity index (χ1) is 12.2. The van der Waals surface area contributed by atoms with Crippen molar-refractivity contribution in [1.82, 2.24) is 0 Å². The number of aryl methyl sites for hydroxylation is 1. The molecule has 0 amide bonds. The van der Waals surface area contributed by atoms with Gasteiger partial charge in [-0.05, 0) is 48.6 Å². The lowest BCUT2D eigenvalue weighted by atomic mass is 9.87. The molecule has 0 radical (unpaired) electrons. The Morgan fingerprint density at radius 2 is 1.73 bits per heavy atom. The number of ether oxygens (including phenoxy) is 2. The Morgan fingerprint density at radius 3 is 2.31 bits per heavy atom. The Bertz CT molecular complexity index is 735. The first kappa shape index (κ1) is 20.5. The molecular weight excluding hydrogens is 344 g/mol. The molecule has 0 saturated heterocycles. The summed E-state index contributed by atoms with van der Waals surface area (Å²) in [5, 5.41) is 0. The third-order valence-electron chi connectivity index (χ3n) is 4.22. The summed E-state index contributed by atoms with van der Waals surface area (Å²) in [7, 11) is 1.65. The maximum absolute atomic E-state index is 12.3. The standard InChI is InChI=1S/C22H28O3S/c1-15-12-13-18(22(3,4)5)14-19(15)26-21(24-6)16(2)25-20(23)17-10-8-7-9-11-17/h7-14,16,21H,1-6H3. The Labute approximate surface area is 161 Å². The van der Waals surface area contributed by atoms with Crippen LogP contribution < -0.4 is 0 Å². The molecule has 140 valence electrons. The van der Waals surface area contributed by atoms with Crippen LogP contribution in [0.25, 0.3) is 0 Å². The van der Waals surface area contributed by atoms with E-state index in [4.69, 9.17) is 9.47 Å². The lowest BCUT2D eigenvalue weighted by Crippen LogP contribution is -2.28. The number of esters is 1. The van der Waals surface area contributed by atoms with Gasteiger partial charge in [0.2, 0.25) is 0 Å². The quantitative estimate of drug-likeness (QED) is 0.375. The van der Waals surface area contributed by atoms with E-state index >= 15 is 0 Å². The molecule has 0 spiro atoms. The molecule has 0 aliphatic rings. The Balaban J connectivity index is 2.12. The molecule has 26 heavy (non-hydrogen) atoms. The molecule has 0 saturated carbocycles. The minimum Gasteiger partial charge on any atom is -0.455 e. The Kier molecular flexibility index (Phi) is 6.90. The SMILES string of the molecule is COC(Sc1cc(C(C)(C)C)ccc1C)C(C)OC(=O)c1ccccc1. The molecule has 0 aromatic heterocycles. The predicted octanol–water partition coefficient (Wildman–Crippen LogP) is 5.60. The molecule has 0 fully saturated rings. The molecule has 0 N–H and O–H groups in total. The fourth-order valence-corrected chi connectivity index (χ4v) is 3.56. The summed E-state index contributed by atoms with van der Waals surface area (Å²) in [4.78, 5) is 13.4. The van der Waals surface area contributed by atoms with Gasteiger partial charge in [-0.15, -0.1) is 0 Å². The van der Waals surface area contributed by atoms with E-state index in [-0.39, 0.29) is 22.9 Å². The third kappa shape index (κ3) is 5.36. The van der Waals surface area contributed by atoms with Gasteiger partial charge in [0, 0.05) is 12.0 Å². The molecule has 2 aromatic carbocycles. The van der Waals surface area contributed by atoms with Gasteiger partial charge >= 0.3 is 5.97 Å².